The summed E-state index contributed by atoms with van der Waals surface area (Å²) in [6.07, 6.45) is 0. The Kier molecular flexibility index (Phi) is 1.67. The van der Waals surface area contributed by atoms with E-state index in [2.05, 4.69) is 7.85 Å². The fourth-order valence-electron chi connectivity index (χ4n) is 0. The molecule has 0 bridgehead atoms. The number of rotatable bonds is 1. The molecule has 0 aromatic carbocycles. The number of hydrogen-bond donors (Lipinski definition) is 2. The molecule has 0 amide bonds. The molecule has 0 aromatic rings. The third-order valence-electron chi connectivity index (χ3n) is 0.253. The first-order valence-electron chi connectivity index (χ1n) is 1.31. The fourth-order valence-corrected chi connectivity index (χ4v) is 0. The monoisotopic (exact) mass is 86.0 g/mol. The van der Waals surface area contributed by atoms with Crippen LogP contribution in [0.5, 0.6) is 0 Å². The van der Waals surface area contributed by atoms with Crippen molar-refractivity contribution >= 4 is 13.8 Å². The summed E-state index contributed by atoms with van der Waals surface area (Å²) in [5, 5.41) is 15.4. The lowest BCUT2D eigenvalue weighted by molar-refractivity contribution is -0.142. The predicted octanol–water partition coefficient (Wildman–Crippen LogP) is -1.44. The van der Waals surface area contributed by atoms with Gasteiger partial charge in [0.05, 0.1) is 0 Å². The molecule has 0 aliphatic heterocycles. The van der Waals surface area contributed by atoms with Crippen LogP contribution in [0.15, 0.2) is 0 Å². The zero-order valence-electron chi connectivity index (χ0n) is 2.96. The van der Waals surface area contributed by atoms with Gasteiger partial charge in [-0.2, -0.15) is 0 Å². The van der Waals surface area contributed by atoms with Crippen LogP contribution in [0.1, 0.15) is 0 Å². The van der Waals surface area contributed by atoms with Gasteiger partial charge in [0, 0.05) is 0 Å². The standard InChI is InChI=1S/C2H3BO3/c3-1(4)2(5)6/h1,4H,(H,5,6). The van der Waals surface area contributed by atoms with E-state index in [-0.39, 0.29) is 0 Å². The van der Waals surface area contributed by atoms with E-state index in [9.17, 15) is 4.79 Å². The van der Waals surface area contributed by atoms with Crippen LogP contribution in [0, 0.1) is 0 Å². The zero-order valence-corrected chi connectivity index (χ0v) is 2.96. The van der Waals surface area contributed by atoms with Crippen molar-refractivity contribution in [3.63, 3.8) is 0 Å². The second kappa shape index (κ2) is 1.82. The van der Waals surface area contributed by atoms with E-state index < -0.39 is 12.0 Å². The lowest BCUT2D eigenvalue weighted by Gasteiger charge is -1.89. The summed E-state index contributed by atoms with van der Waals surface area (Å²) in [6.45, 7) is 0. The highest BCUT2D eigenvalue weighted by molar-refractivity contribution is 6.21. The van der Waals surface area contributed by atoms with Crippen molar-refractivity contribution in [3.05, 3.63) is 0 Å². The molecule has 1 unspecified atom stereocenters. The number of aliphatic carboxylic acids is 1. The summed E-state index contributed by atoms with van der Waals surface area (Å²) < 4.78 is 0. The van der Waals surface area contributed by atoms with Gasteiger partial charge in [0.15, 0.2) is 0 Å². The van der Waals surface area contributed by atoms with E-state index in [0.717, 1.165) is 0 Å². The van der Waals surface area contributed by atoms with Crippen LogP contribution in [0.3, 0.4) is 0 Å². The van der Waals surface area contributed by atoms with E-state index in [1.54, 1.807) is 0 Å². The first-order chi connectivity index (χ1) is 2.64. The number of aliphatic hydroxyl groups is 1. The Labute approximate surface area is 36.0 Å². The highest BCUT2D eigenvalue weighted by Gasteiger charge is 2.01. The van der Waals surface area contributed by atoms with Crippen LogP contribution in [0.4, 0.5) is 0 Å². The molecular weight excluding hydrogens is 82.8 g/mol. The van der Waals surface area contributed by atoms with Crippen LogP contribution < -0.4 is 0 Å². The van der Waals surface area contributed by atoms with Crippen molar-refractivity contribution in [2.24, 2.45) is 0 Å². The summed E-state index contributed by atoms with van der Waals surface area (Å²) in [5.74, 6) is -1.41. The lowest BCUT2D eigenvalue weighted by atomic mass is 10.0. The van der Waals surface area contributed by atoms with E-state index in [1.165, 1.54) is 0 Å². The number of aliphatic hydroxyl groups excluding tert-OH is 1. The van der Waals surface area contributed by atoms with Gasteiger partial charge in [0.2, 0.25) is 0 Å². The zero-order chi connectivity index (χ0) is 5.15. The topological polar surface area (TPSA) is 57.5 Å². The second-order valence-electron chi connectivity index (χ2n) is 0.783. The maximum atomic E-state index is 9.32. The summed E-state index contributed by atoms with van der Waals surface area (Å²) in [5.41, 5.74) is 0. The van der Waals surface area contributed by atoms with Gasteiger partial charge in [-0.1, -0.05) is 0 Å². The molecule has 2 N–H and O–H groups in total. The predicted molar refractivity (Wildman–Crippen MR) is 19.4 cm³/mol. The van der Waals surface area contributed by atoms with Gasteiger partial charge in [-0.05, 0) is 0 Å². The van der Waals surface area contributed by atoms with Gasteiger partial charge in [-0.25, -0.2) is 0 Å². The molecule has 0 saturated heterocycles. The second-order valence-corrected chi connectivity index (χ2v) is 0.783. The third-order valence-corrected chi connectivity index (χ3v) is 0.253. The molecule has 0 saturated carbocycles. The van der Waals surface area contributed by atoms with Gasteiger partial charge in [-0.3, -0.25) is 4.79 Å². The number of carboxylic acids is 1. The van der Waals surface area contributed by atoms with Gasteiger partial charge in [0.25, 0.3) is 0 Å². The maximum Gasteiger partial charge on any atom is 0.322 e. The van der Waals surface area contributed by atoms with E-state index in [0.29, 0.717) is 0 Å². The highest BCUT2D eigenvalue weighted by Crippen LogP contribution is 1.67. The molecule has 0 spiro atoms. The summed E-state index contributed by atoms with van der Waals surface area (Å²) >= 11 is 0. The Bertz CT molecular complexity index is 59.8. The quantitative estimate of drug-likeness (QED) is 0.384. The van der Waals surface area contributed by atoms with Gasteiger partial charge in [0.1, 0.15) is 13.8 Å². The summed E-state index contributed by atoms with van der Waals surface area (Å²) in [4.78, 5) is 9.32. The molecule has 0 fully saturated rings. The third kappa shape index (κ3) is 1.78. The largest absolute Gasteiger partial charge is 0.480 e. The minimum atomic E-state index is -1.73. The van der Waals surface area contributed by atoms with Crippen LogP contribution in [0.2, 0.25) is 0 Å². The van der Waals surface area contributed by atoms with Crippen molar-refractivity contribution in [3.8, 4) is 0 Å². The Morgan fingerprint density at radius 2 is 2.00 bits per heavy atom. The molecule has 32 valence electrons. The molecule has 1 atom stereocenters. The van der Waals surface area contributed by atoms with Crippen molar-refractivity contribution in [2.75, 3.05) is 0 Å². The summed E-state index contributed by atoms with van der Waals surface area (Å²) in [7, 11) is 4.39. The maximum absolute atomic E-state index is 9.32. The van der Waals surface area contributed by atoms with Gasteiger partial charge < -0.3 is 10.2 Å². The van der Waals surface area contributed by atoms with Crippen LogP contribution in [0.25, 0.3) is 0 Å². The smallest absolute Gasteiger partial charge is 0.322 e. The normalized spacial score (nSPS) is 13.5. The Hall–Kier alpha value is -0.505. The average molecular weight is 85.9 g/mol. The number of carboxylic acid groups (broad SMARTS) is 1. The van der Waals surface area contributed by atoms with E-state index in [4.69, 9.17) is 10.2 Å². The van der Waals surface area contributed by atoms with Crippen LogP contribution >= 0.6 is 0 Å². The first-order valence-corrected chi connectivity index (χ1v) is 1.31. The van der Waals surface area contributed by atoms with Crippen LogP contribution in [-0.4, -0.2) is 30.0 Å². The van der Waals surface area contributed by atoms with Crippen molar-refractivity contribution in [2.45, 2.75) is 6.00 Å². The molecule has 6 heavy (non-hydrogen) atoms. The number of carbonyl (C=O) groups is 1. The first kappa shape index (κ1) is 5.49. The van der Waals surface area contributed by atoms with Gasteiger partial charge in [-0.15, -0.1) is 0 Å². The minimum absolute atomic E-state index is 1.41. The van der Waals surface area contributed by atoms with Crippen LogP contribution in [-0.2, 0) is 4.79 Å². The Morgan fingerprint density at radius 1 is 1.83 bits per heavy atom. The highest BCUT2D eigenvalue weighted by atomic mass is 16.4. The molecule has 0 aromatic heterocycles. The molecule has 3 nitrogen and oxygen atoms in total. The van der Waals surface area contributed by atoms with E-state index in [1.807, 2.05) is 0 Å². The van der Waals surface area contributed by atoms with Crippen molar-refractivity contribution in [1.29, 1.82) is 0 Å². The van der Waals surface area contributed by atoms with Crippen molar-refractivity contribution in [1.82, 2.24) is 0 Å². The SMILES string of the molecule is [B]C(O)C(=O)O. The average Bonchev–Trinajstić information content (AvgIpc) is 1.36. The number of hydrogen-bond acceptors (Lipinski definition) is 2. The minimum Gasteiger partial charge on any atom is -0.480 e. The van der Waals surface area contributed by atoms with E-state index >= 15 is 0 Å². The summed E-state index contributed by atoms with van der Waals surface area (Å²) in [6, 6.07) is -1.73. The molecule has 0 heterocycles. The fraction of sp³-hybridized carbons (Fsp3) is 0.500. The molecule has 2 radical (unpaired) electrons. The molecule has 0 aliphatic carbocycles. The Balaban J connectivity index is 3.26. The Morgan fingerprint density at radius 3 is 2.00 bits per heavy atom. The van der Waals surface area contributed by atoms with Crippen molar-refractivity contribution < 1.29 is 15.0 Å². The molecule has 4 heteroatoms. The lowest BCUT2D eigenvalue weighted by Crippen LogP contribution is -2.18. The molecule has 0 rings (SSSR count). The molecule has 0 aliphatic rings. The molecular formula is C2H3BO3. The van der Waals surface area contributed by atoms with Gasteiger partial charge >= 0.3 is 5.97 Å².